The lowest BCUT2D eigenvalue weighted by molar-refractivity contribution is 0.253. The summed E-state index contributed by atoms with van der Waals surface area (Å²) in [4.78, 5) is 13.0. The second kappa shape index (κ2) is 5.69. The standard InChI is InChI=1S/C15H13N3O/c16-10-12-6-8-13(9-7-12)11-18(15(17)19)14-4-2-1-3-5-14/h1-9H,11H2,(H2,17,19). The maximum Gasteiger partial charge on any atom is 0.319 e. The topological polar surface area (TPSA) is 70.1 Å². The van der Waals surface area contributed by atoms with E-state index >= 15 is 0 Å². The summed E-state index contributed by atoms with van der Waals surface area (Å²) >= 11 is 0. The van der Waals surface area contributed by atoms with Crippen LogP contribution < -0.4 is 10.6 Å². The highest BCUT2D eigenvalue weighted by atomic mass is 16.2. The van der Waals surface area contributed by atoms with E-state index in [0.29, 0.717) is 12.1 Å². The molecule has 0 unspecified atom stereocenters. The molecular weight excluding hydrogens is 238 g/mol. The molecule has 0 heterocycles. The Bertz CT molecular complexity index is 600. The van der Waals surface area contributed by atoms with Gasteiger partial charge in [-0.05, 0) is 29.8 Å². The van der Waals surface area contributed by atoms with E-state index in [0.717, 1.165) is 11.3 Å². The Morgan fingerprint density at radius 1 is 1.11 bits per heavy atom. The number of carbonyl (C=O) groups excluding carboxylic acids is 1. The van der Waals surface area contributed by atoms with Gasteiger partial charge in [0.25, 0.3) is 0 Å². The summed E-state index contributed by atoms with van der Waals surface area (Å²) in [5.74, 6) is 0. The third-order valence-electron chi connectivity index (χ3n) is 2.76. The van der Waals surface area contributed by atoms with Gasteiger partial charge in [0.1, 0.15) is 0 Å². The number of nitrogens with two attached hydrogens (primary N) is 1. The molecule has 0 fully saturated rings. The van der Waals surface area contributed by atoms with E-state index < -0.39 is 6.03 Å². The third kappa shape index (κ3) is 3.11. The molecule has 4 heteroatoms. The van der Waals surface area contributed by atoms with Crippen LogP contribution in [0, 0.1) is 11.3 Å². The molecule has 0 aliphatic rings. The van der Waals surface area contributed by atoms with E-state index in [1.54, 1.807) is 12.1 Å². The van der Waals surface area contributed by atoms with Crippen molar-refractivity contribution in [1.29, 1.82) is 5.26 Å². The number of para-hydroxylation sites is 1. The number of rotatable bonds is 3. The van der Waals surface area contributed by atoms with Crippen molar-refractivity contribution in [3.8, 4) is 6.07 Å². The molecule has 2 amide bonds. The second-order valence-corrected chi connectivity index (χ2v) is 4.07. The molecular formula is C15H13N3O. The van der Waals surface area contributed by atoms with Crippen molar-refractivity contribution in [2.24, 2.45) is 5.73 Å². The molecule has 0 radical (unpaired) electrons. The van der Waals surface area contributed by atoms with Crippen LogP contribution in [0.5, 0.6) is 0 Å². The monoisotopic (exact) mass is 251 g/mol. The molecule has 2 aromatic carbocycles. The van der Waals surface area contributed by atoms with E-state index in [1.807, 2.05) is 42.5 Å². The highest BCUT2D eigenvalue weighted by Crippen LogP contribution is 2.16. The Labute approximate surface area is 111 Å². The van der Waals surface area contributed by atoms with Crippen molar-refractivity contribution in [2.75, 3.05) is 4.90 Å². The van der Waals surface area contributed by atoms with Crippen LogP contribution in [-0.2, 0) is 6.54 Å². The molecule has 4 nitrogen and oxygen atoms in total. The first-order valence-electron chi connectivity index (χ1n) is 5.82. The summed E-state index contributed by atoms with van der Waals surface area (Å²) in [7, 11) is 0. The molecule has 0 aromatic heterocycles. The van der Waals surface area contributed by atoms with Crippen molar-refractivity contribution in [1.82, 2.24) is 0 Å². The number of primary amides is 1. The maximum atomic E-state index is 11.5. The number of anilines is 1. The predicted molar refractivity (Wildman–Crippen MR) is 73.4 cm³/mol. The van der Waals surface area contributed by atoms with Gasteiger partial charge in [-0.15, -0.1) is 0 Å². The maximum absolute atomic E-state index is 11.5. The number of carbonyl (C=O) groups is 1. The van der Waals surface area contributed by atoms with Crippen LogP contribution in [-0.4, -0.2) is 6.03 Å². The third-order valence-corrected chi connectivity index (χ3v) is 2.76. The molecule has 0 spiro atoms. The first kappa shape index (κ1) is 12.7. The van der Waals surface area contributed by atoms with E-state index in [2.05, 4.69) is 6.07 Å². The number of urea groups is 1. The second-order valence-electron chi connectivity index (χ2n) is 4.07. The molecule has 2 N–H and O–H groups in total. The Balaban J connectivity index is 2.22. The van der Waals surface area contributed by atoms with Gasteiger partial charge in [0, 0.05) is 5.69 Å². The molecule has 2 aromatic rings. The summed E-state index contributed by atoms with van der Waals surface area (Å²) in [6.07, 6.45) is 0. The fourth-order valence-electron chi connectivity index (χ4n) is 1.77. The molecule has 0 aliphatic heterocycles. The summed E-state index contributed by atoms with van der Waals surface area (Å²) < 4.78 is 0. The van der Waals surface area contributed by atoms with Crippen molar-refractivity contribution in [3.05, 3.63) is 65.7 Å². The number of nitrogens with zero attached hydrogens (tertiary/aromatic N) is 2. The highest BCUT2D eigenvalue weighted by molar-refractivity contribution is 5.90. The number of hydrogen-bond donors (Lipinski definition) is 1. The first-order chi connectivity index (χ1) is 9.20. The normalized spacial score (nSPS) is 9.63. The minimum absolute atomic E-state index is 0.380. The fraction of sp³-hybridized carbons (Fsp3) is 0.0667. The molecule has 94 valence electrons. The Morgan fingerprint density at radius 2 is 1.74 bits per heavy atom. The zero-order valence-corrected chi connectivity index (χ0v) is 10.3. The number of amides is 2. The quantitative estimate of drug-likeness (QED) is 0.910. The van der Waals surface area contributed by atoms with Crippen molar-refractivity contribution in [2.45, 2.75) is 6.54 Å². The van der Waals surface area contributed by atoms with E-state index in [1.165, 1.54) is 4.90 Å². The first-order valence-corrected chi connectivity index (χ1v) is 5.82. The number of benzene rings is 2. The van der Waals surface area contributed by atoms with Gasteiger partial charge in [-0.25, -0.2) is 4.79 Å². The lowest BCUT2D eigenvalue weighted by atomic mass is 10.1. The molecule has 2 rings (SSSR count). The molecule has 0 atom stereocenters. The van der Waals surface area contributed by atoms with Gasteiger partial charge in [0.05, 0.1) is 18.2 Å². The van der Waals surface area contributed by atoms with Gasteiger partial charge >= 0.3 is 6.03 Å². The lowest BCUT2D eigenvalue weighted by Gasteiger charge is -2.20. The smallest absolute Gasteiger partial charge is 0.319 e. The number of hydrogen-bond acceptors (Lipinski definition) is 2. The molecule has 0 saturated carbocycles. The average Bonchev–Trinajstić information content (AvgIpc) is 2.46. The van der Waals surface area contributed by atoms with Gasteiger partial charge in [-0.3, -0.25) is 4.90 Å². The van der Waals surface area contributed by atoms with Gasteiger partial charge in [-0.2, -0.15) is 5.26 Å². The van der Waals surface area contributed by atoms with Crippen LogP contribution in [0.25, 0.3) is 0 Å². The van der Waals surface area contributed by atoms with Gasteiger partial charge in [0.2, 0.25) is 0 Å². The lowest BCUT2D eigenvalue weighted by Crippen LogP contribution is -2.35. The van der Waals surface area contributed by atoms with Crippen LogP contribution in [0.1, 0.15) is 11.1 Å². The van der Waals surface area contributed by atoms with Gasteiger partial charge in [-0.1, -0.05) is 30.3 Å². The number of nitriles is 1. The molecule has 19 heavy (non-hydrogen) atoms. The summed E-state index contributed by atoms with van der Waals surface area (Å²) in [6, 6.07) is 17.9. The van der Waals surface area contributed by atoms with Crippen LogP contribution in [0.2, 0.25) is 0 Å². The largest absolute Gasteiger partial charge is 0.351 e. The average molecular weight is 251 g/mol. The Hall–Kier alpha value is -2.80. The summed E-state index contributed by atoms with van der Waals surface area (Å²) in [5, 5.41) is 8.74. The molecule has 0 aliphatic carbocycles. The fourth-order valence-corrected chi connectivity index (χ4v) is 1.77. The SMILES string of the molecule is N#Cc1ccc(CN(C(N)=O)c2ccccc2)cc1. The molecule has 0 bridgehead atoms. The Kier molecular flexibility index (Phi) is 3.79. The highest BCUT2D eigenvalue weighted by Gasteiger charge is 2.12. The predicted octanol–water partition coefficient (Wildman–Crippen LogP) is 2.64. The van der Waals surface area contributed by atoms with E-state index in [-0.39, 0.29) is 0 Å². The van der Waals surface area contributed by atoms with Crippen molar-refractivity contribution in [3.63, 3.8) is 0 Å². The summed E-state index contributed by atoms with van der Waals surface area (Å²) in [6.45, 7) is 0.380. The van der Waals surface area contributed by atoms with Crippen LogP contribution >= 0.6 is 0 Å². The van der Waals surface area contributed by atoms with Crippen molar-refractivity contribution < 1.29 is 4.79 Å². The van der Waals surface area contributed by atoms with E-state index in [9.17, 15) is 4.79 Å². The van der Waals surface area contributed by atoms with Crippen LogP contribution in [0.4, 0.5) is 10.5 Å². The van der Waals surface area contributed by atoms with E-state index in [4.69, 9.17) is 11.0 Å². The zero-order valence-electron chi connectivity index (χ0n) is 10.3. The van der Waals surface area contributed by atoms with Crippen molar-refractivity contribution >= 4 is 11.7 Å². The molecule has 0 saturated heterocycles. The van der Waals surface area contributed by atoms with Crippen LogP contribution in [0.3, 0.4) is 0 Å². The minimum atomic E-state index is -0.504. The van der Waals surface area contributed by atoms with Gasteiger partial charge in [0.15, 0.2) is 0 Å². The zero-order chi connectivity index (χ0) is 13.7. The minimum Gasteiger partial charge on any atom is -0.351 e. The Morgan fingerprint density at radius 3 is 2.26 bits per heavy atom. The van der Waals surface area contributed by atoms with Gasteiger partial charge < -0.3 is 5.73 Å². The van der Waals surface area contributed by atoms with Crippen LogP contribution in [0.15, 0.2) is 54.6 Å². The summed E-state index contributed by atoms with van der Waals surface area (Å²) in [5.41, 5.74) is 7.67.